The van der Waals surface area contributed by atoms with Gasteiger partial charge in [-0.1, -0.05) is 0 Å². The van der Waals surface area contributed by atoms with Gasteiger partial charge in [0.1, 0.15) is 59.3 Å². The standard InChI is InChI=1S/C48H64N2O21/c1-17-35(54)25(52)14-27(64-17)68-42-19(3)66-29(16-46(42,4)50(61)62)67-40-18(2)65-28(15-26(40)53)69-43-34(49(7)8)39(58)45-70-41-23(48(43,6)71-45)13-24(51)31-32(41)37(56)22-12-21-20(36(55)30(22)38(31)57)10-11-47(5,60)33(21)44(59)63-9/h12-13,17-19,25-29,33-35,39-40,42-43,45,50-55,58,60-61H,10-11,14-16H2,1-9H3. The average molecular weight is 1010 g/mol. The monoisotopic (exact) mass is 1000 g/mol. The van der Waals surface area contributed by atoms with E-state index in [9.17, 15) is 60.5 Å². The second-order valence-electron chi connectivity index (χ2n) is 20.9. The van der Waals surface area contributed by atoms with Crippen molar-refractivity contribution >= 4 is 17.5 Å². The van der Waals surface area contributed by atoms with Crippen LogP contribution in [-0.4, -0.2) is 188 Å². The smallest absolute Gasteiger partial charge is 0.316 e. The third-order valence-electron chi connectivity index (χ3n) is 15.8. The Bertz CT molecular complexity index is 2430. The number of hydrogen-bond acceptors (Lipinski definition) is 22. The normalized spacial score (nSPS) is 42.3. The highest BCUT2D eigenvalue weighted by atomic mass is 16.8. The number of likely N-dealkylation sites (N-methyl/N-ethyl adjacent to an activating group) is 1. The highest BCUT2D eigenvalue weighted by Gasteiger charge is 2.62. The van der Waals surface area contributed by atoms with Crippen molar-refractivity contribution in [3.8, 4) is 17.2 Å². The van der Waals surface area contributed by atoms with Gasteiger partial charge in [0.2, 0.25) is 12.1 Å². The first-order valence-electron chi connectivity index (χ1n) is 23.8. The Hall–Kier alpha value is -3.99. The molecule has 71 heavy (non-hydrogen) atoms. The van der Waals surface area contributed by atoms with Gasteiger partial charge in [0.15, 0.2) is 30.2 Å². The Balaban J connectivity index is 0.981. The molecule has 0 saturated carbocycles. The summed E-state index contributed by atoms with van der Waals surface area (Å²) in [5.41, 5.74) is -6.22. The molecule has 23 heteroatoms. The molecule has 5 aliphatic heterocycles. The van der Waals surface area contributed by atoms with Gasteiger partial charge in [0.05, 0.1) is 72.4 Å². The summed E-state index contributed by atoms with van der Waals surface area (Å²) < 4.78 is 55.0. The number of phenols is 2. The van der Waals surface area contributed by atoms with Crippen molar-refractivity contribution in [3.05, 3.63) is 56.3 Å². The largest absolute Gasteiger partial charge is 0.600 e. The number of esters is 1. The van der Waals surface area contributed by atoms with Crippen LogP contribution in [0.2, 0.25) is 0 Å². The van der Waals surface area contributed by atoms with Gasteiger partial charge in [-0.05, 0) is 91.7 Å². The van der Waals surface area contributed by atoms with Crippen LogP contribution in [0, 0.1) is 5.21 Å². The third-order valence-corrected chi connectivity index (χ3v) is 15.8. The molecule has 5 heterocycles. The summed E-state index contributed by atoms with van der Waals surface area (Å²) in [7, 11) is 4.49. The Kier molecular flexibility index (Phi) is 13.5. The second-order valence-corrected chi connectivity index (χ2v) is 20.9. The fourth-order valence-corrected chi connectivity index (χ4v) is 11.9. The zero-order chi connectivity index (χ0) is 51.7. The molecule has 0 amide bonds. The zero-order valence-corrected chi connectivity index (χ0v) is 40.8. The number of aliphatic hydroxyl groups excluding tert-OH is 4. The van der Waals surface area contributed by atoms with Gasteiger partial charge in [-0.25, -0.2) is 10.4 Å². The first-order chi connectivity index (χ1) is 33.2. The predicted octanol–water partition coefficient (Wildman–Crippen LogP) is -0.744. The van der Waals surface area contributed by atoms with Crippen LogP contribution in [0.3, 0.4) is 0 Å². The number of aliphatic hydroxyl groups is 5. The van der Waals surface area contributed by atoms with Crippen LogP contribution in [0.25, 0.3) is 0 Å². The quantitative estimate of drug-likeness (QED) is 0.0941. The van der Waals surface area contributed by atoms with E-state index >= 15 is 0 Å². The number of carbonyl (C=O) groups is 3. The zero-order valence-electron chi connectivity index (χ0n) is 40.8. The van der Waals surface area contributed by atoms with Crippen molar-refractivity contribution in [1.82, 2.24) is 4.90 Å². The average Bonchev–Trinajstić information content (AvgIpc) is 3.28. The molecule has 7 aliphatic rings. The van der Waals surface area contributed by atoms with E-state index in [-0.39, 0.29) is 60.1 Å². The summed E-state index contributed by atoms with van der Waals surface area (Å²) in [5, 5.41) is 101. The second kappa shape index (κ2) is 18.4. The van der Waals surface area contributed by atoms with Gasteiger partial charge >= 0.3 is 5.97 Å². The SMILES string of the molecule is COC(=O)C1c2cc3c(c(O)c2CCC1(C)O)C(=O)c1c(O)cc2c(c1C3=O)OC1OC2(C)C(OC2CC(O)C(OC3CC(C)([NH+]([O-])O)C(OC4CC(O)C(O)C(C)O4)C(C)O3)C(C)O2)C(N(C)C)C1O. The summed E-state index contributed by atoms with van der Waals surface area (Å²) in [6.07, 6.45) is -16.4. The Morgan fingerprint density at radius 1 is 0.831 bits per heavy atom. The minimum absolute atomic E-state index is 0.0214. The van der Waals surface area contributed by atoms with E-state index < -0.39 is 166 Å². The van der Waals surface area contributed by atoms with Gasteiger partial charge in [-0.15, -0.1) is 0 Å². The molecule has 392 valence electrons. The summed E-state index contributed by atoms with van der Waals surface area (Å²) in [5.74, 6) is -5.39. The Labute approximate surface area is 408 Å². The van der Waals surface area contributed by atoms with Crippen LogP contribution in [-0.2, 0) is 54.7 Å². The molecule has 2 aromatic carbocycles. The lowest BCUT2D eigenvalue weighted by Crippen LogP contribution is -3.16. The van der Waals surface area contributed by atoms with Crippen LogP contribution in [0.15, 0.2) is 12.1 Å². The van der Waals surface area contributed by atoms with Crippen LogP contribution in [0.1, 0.15) is 122 Å². The number of benzene rings is 2. The molecular formula is C48H64N2O21. The predicted molar refractivity (Wildman–Crippen MR) is 237 cm³/mol. The van der Waals surface area contributed by atoms with Gasteiger partial charge in [0, 0.05) is 24.0 Å². The van der Waals surface area contributed by atoms with Crippen molar-refractivity contribution in [3.63, 3.8) is 0 Å². The van der Waals surface area contributed by atoms with E-state index in [0.29, 0.717) is 0 Å². The molecule has 20 unspecified atom stereocenters. The van der Waals surface area contributed by atoms with Crippen LogP contribution < -0.4 is 9.96 Å². The van der Waals surface area contributed by atoms with Crippen LogP contribution in [0.4, 0.5) is 0 Å². The van der Waals surface area contributed by atoms with E-state index in [1.807, 2.05) is 0 Å². The molecule has 2 bridgehead atoms. The van der Waals surface area contributed by atoms with Crippen LogP contribution in [0.5, 0.6) is 17.2 Å². The van der Waals surface area contributed by atoms with Crippen molar-refractivity contribution < 1.29 is 103 Å². The van der Waals surface area contributed by atoms with Crippen molar-refractivity contribution in [2.24, 2.45) is 0 Å². The van der Waals surface area contributed by atoms with E-state index in [4.69, 9.17) is 42.6 Å². The summed E-state index contributed by atoms with van der Waals surface area (Å²) >= 11 is 0. The number of hydrogen-bond donors (Lipinski definition) is 9. The van der Waals surface area contributed by atoms with Crippen molar-refractivity contribution in [2.75, 3.05) is 21.2 Å². The van der Waals surface area contributed by atoms with E-state index in [2.05, 4.69) is 0 Å². The molecule has 23 nitrogen and oxygen atoms in total. The number of hydroxylamine groups is 2. The number of ketones is 2. The number of carbonyl (C=O) groups excluding carboxylic acids is 3. The molecule has 9 N–H and O–H groups in total. The number of nitrogens with one attached hydrogen (secondary N) is 1. The highest BCUT2D eigenvalue weighted by molar-refractivity contribution is 6.31. The molecule has 20 atom stereocenters. The first kappa shape index (κ1) is 51.9. The fraction of sp³-hybridized carbons (Fsp3) is 0.688. The molecule has 2 aromatic rings. The van der Waals surface area contributed by atoms with Crippen molar-refractivity contribution in [2.45, 2.75) is 189 Å². The fourth-order valence-electron chi connectivity index (χ4n) is 11.9. The lowest BCUT2D eigenvalue weighted by atomic mass is 9.69. The van der Waals surface area contributed by atoms with Gasteiger partial charge in [-0.2, -0.15) is 0 Å². The molecular weight excluding hydrogens is 941 g/mol. The number of ether oxygens (including phenoxy) is 9. The maximum atomic E-state index is 14.9. The topological polar surface area (TPSA) is 327 Å². The number of aromatic hydroxyl groups is 2. The number of phenolic OH excluding ortho intramolecular Hbond substituents is 2. The van der Waals surface area contributed by atoms with Gasteiger partial charge < -0.3 is 88.5 Å². The molecule has 4 saturated heterocycles. The molecule has 0 spiro atoms. The summed E-state index contributed by atoms with van der Waals surface area (Å²) in [4.78, 5) is 44.1. The van der Waals surface area contributed by atoms with Crippen LogP contribution >= 0.6 is 0 Å². The van der Waals surface area contributed by atoms with Gasteiger partial charge in [-0.3, -0.25) is 14.4 Å². The third kappa shape index (κ3) is 8.35. The number of methoxy groups -OCH3 is 1. The summed E-state index contributed by atoms with van der Waals surface area (Å²) in [6.45, 7) is 9.28. The molecule has 2 aliphatic carbocycles. The Morgan fingerprint density at radius 2 is 1.46 bits per heavy atom. The minimum Gasteiger partial charge on any atom is -0.600 e. The Morgan fingerprint density at radius 3 is 2.08 bits per heavy atom. The maximum absolute atomic E-state index is 14.9. The first-order valence-corrected chi connectivity index (χ1v) is 23.8. The minimum atomic E-state index is -1.69. The number of fused-ring (bicyclic) bond motifs is 8. The highest BCUT2D eigenvalue weighted by Crippen LogP contribution is 2.55. The van der Waals surface area contributed by atoms with Gasteiger partial charge in [0.25, 0.3) is 0 Å². The number of nitrogens with zero attached hydrogens (tertiary/aromatic N) is 1. The van der Waals surface area contributed by atoms with E-state index in [1.54, 1.807) is 46.7 Å². The molecule has 0 radical (unpaired) electrons. The molecule has 4 fully saturated rings. The maximum Gasteiger partial charge on any atom is 0.316 e. The number of quaternary nitrogens is 1. The molecule has 0 aromatic heterocycles. The summed E-state index contributed by atoms with van der Waals surface area (Å²) in [6, 6.07) is 1.54. The number of rotatable bonds is 9. The lowest BCUT2D eigenvalue weighted by Gasteiger charge is -2.56. The lowest BCUT2D eigenvalue weighted by molar-refractivity contribution is -1.09. The van der Waals surface area contributed by atoms with E-state index in [1.165, 1.54) is 26.0 Å². The van der Waals surface area contributed by atoms with E-state index in [0.717, 1.165) is 7.11 Å². The molecule has 9 rings (SSSR count). The van der Waals surface area contributed by atoms with Crippen molar-refractivity contribution in [1.29, 1.82) is 0 Å².